The van der Waals surface area contributed by atoms with Crippen molar-refractivity contribution in [3.05, 3.63) is 63.9 Å². The van der Waals surface area contributed by atoms with Crippen LogP contribution in [0.15, 0.2) is 42.5 Å². The van der Waals surface area contributed by atoms with Crippen molar-refractivity contribution in [2.75, 3.05) is 31.1 Å². The van der Waals surface area contributed by atoms with Crippen LogP contribution < -0.4 is 10.6 Å². The molecular formula is C19H20Cl2FN3O. The summed E-state index contributed by atoms with van der Waals surface area (Å²) in [7, 11) is 0. The fourth-order valence-corrected chi connectivity index (χ4v) is 3.40. The van der Waals surface area contributed by atoms with Gasteiger partial charge in [-0.1, -0.05) is 29.3 Å². The van der Waals surface area contributed by atoms with Gasteiger partial charge in [-0.25, -0.2) is 4.39 Å². The van der Waals surface area contributed by atoms with Crippen LogP contribution in [0.3, 0.4) is 0 Å². The van der Waals surface area contributed by atoms with Gasteiger partial charge in [-0.15, -0.1) is 0 Å². The molecule has 2 N–H and O–H groups in total. The average molecular weight is 396 g/mol. The smallest absolute Gasteiger partial charge is 0.239 e. The normalized spacial score (nSPS) is 15.8. The predicted molar refractivity (Wildman–Crippen MR) is 103 cm³/mol. The molecule has 1 atom stereocenters. The summed E-state index contributed by atoms with van der Waals surface area (Å²) in [5.41, 5.74) is 7.94. The number of nitrogens with zero attached hydrogens (tertiary/aromatic N) is 2. The highest BCUT2D eigenvalue weighted by atomic mass is 35.5. The second kappa shape index (κ2) is 8.25. The summed E-state index contributed by atoms with van der Waals surface area (Å²) >= 11 is 11.9. The Kier molecular flexibility index (Phi) is 6.01. The molecule has 2 aromatic rings. The quantitative estimate of drug-likeness (QED) is 0.863. The minimum absolute atomic E-state index is 0.0742. The number of rotatable bonds is 4. The molecule has 0 spiro atoms. The number of hydrogen-bond acceptors (Lipinski definition) is 3. The molecule has 2 aromatic carbocycles. The third kappa shape index (κ3) is 4.47. The highest BCUT2D eigenvalue weighted by Gasteiger charge is 2.25. The number of anilines is 1. The molecular weight excluding hydrogens is 376 g/mol. The Bertz CT molecular complexity index is 777. The zero-order chi connectivity index (χ0) is 18.7. The largest absolute Gasteiger partial charge is 0.368 e. The van der Waals surface area contributed by atoms with E-state index in [9.17, 15) is 9.18 Å². The molecule has 1 aliphatic rings. The standard InChI is InChI=1S/C19H20Cl2FN3O/c20-16-6-1-13(11-17(16)21)12-18(23)19(26)25-9-7-24(8-10-25)15-4-2-14(22)3-5-15/h1-6,11,18H,7-10,12,23H2. The Morgan fingerprint density at radius 1 is 1.04 bits per heavy atom. The van der Waals surface area contributed by atoms with Gasteiger partial charge in [0.2, 0.25) is 5.91 Å². The minimum Gasteiger partial charge on any atom is -0.368 e. The maximum absolute atomic E-state index is 13.0. The molecule has 138 valence electrons. The van der Waals surface area contributed by atoms with Gasteiger partial charge in [0, 0.05) is 31.9 Å². The van der Waals surface area contributed by atoms with Gasteiger partial charge in [-0.3, -0.25) is 4.79 Å². The number of piperazine rings is 1. The van der Waals surface area contributed by atoms with E-state index in [0.29, 0.717) is 42.6 Å². The van der Waals surface area contributed by atoms with Crippen LogP contribution >= 0.6 is 23.2 Å². The fraction of sp³-hybridized carbons (Fsp3) is 0.316. The Morgan fingerprint density at radius 2 is 1.69 bits per heavy atom. The molecule has 0 bridgehead atoms. The van der Waals surface area contributed by atoms with Crippen molar-refractivity contribution in [2.45, 2.75) is 12.5 Å². The molecule has 26 heavy (non-hydrogen) atoms. The Balaban J connectivity index is 1.55. The van der Waals surface area contributed by atoms with E-state index < -0.39 is 6.04 Å². The lowest BCUT2D eigenvalue weighted by Crippen LogP contribution is -2.53. The number of halogens is 3. The fourth-order valence-electron chi connectivity index (χ4n) is 3.08. The summed E-state index contributed by atoms with van der Waals surface area (Å²) in [6, 6.07) is 11.0. The van der Waals surface area contributed by atoms with Crippen molar-refractivity contribution < 1.29 is 9.18 Å². The second-order valence-electron chi connectivity index (χ2n) is 6.35. The third-order valence-electron chi connectivity index (χ3n) is 4.54. The van der Waals surface area contributed by atoms with Crippen molar-refractivity contribution in [3.8, 4) is 0 Å². The first-order valence-corrected chi connectivity index (χ1v) is 9.18. The lowest BCUT2D eigenvalue weighted by molar-refractivity contribution is -0.132. The van der Waals surface area contributed by atoms with Crippen LogP contribution in [0.1, 0.15) is 5.56 Å². The zero-order valence-electron chi connectivity index (χ0n) is 14.2. The number of carbonyl (C=O) groups excluding carboxylic acids is 1. The van der Waals surface area contributed by atoms with Gasteiger partial charge in [0.25, 0.3) is 0 Å². The molecule has 3 rings (SSSR count). The van der Waals surface area contributed by atoms with Crippen molar-refractivity contribution in [1.82, 2.24) is 4.90 Å². The van der Waals surface area contributed by atoms with Crippen LogP contribution in [0.25, 0.3) is 0 Å². The molecule has 7 heteroatoms. The lowest BCUT2D eigenvalue weighted by atomic mass is 10.1. The summed E-state index contributed by atoms with van der Waals surface area (Å²) in [4.78, 5) is 16.5. The Labute approximate surface area is 162 Å². The monoisotopic (exact) mass is 395 g/mol. The lowest BCUT2D eigenvalue weighted by Gasteiger charge is -2.37. The highest BCUT2D eigenvalue weighted by Crippen LogP contribution is 2.23. The van der Waals surface area contributed by atoms with E-state index in [1.165, 1.54) is 12.1 Å². The van der Waals surface area contributed by atoms with Crippen LogP contribution in [0.5, 0.6) is 0 Å². The topological polar surface area (TPSA) is 49.6 Å². The van der Waals surface area contributed by atoms with Gasteiger partial charge in [0.1, 0.15) is 5.82 Å². The summed E-state index contributed by atoms with van der Waals surface area (Å²) in [6.45, 7) is 2.56. The highest BCUT2D eigenvalue weighted by molar-refractivity contribution is 6.42. The van der Waals surface area contributed by atoms with E-state index in [4.69, 9.17) is 28.9 Å². The van der Waals surface area contributed by atoms with Crippen molar-refractivity contribution in [3.63, 3.8) is 0 Å². The molecule has 1 saturated heterocycles. The van der Waals surface area contributed by atoms with E-state index in [1.807, 2.05) is 6.07 Å². The predicted octanol–water partition coefficient (Wildman–Crippen LogP) is 3.35. The van der Waals surface area contributed by atoms with E-state index in [-0.39, 0.29) is 11.7 Å². The van der Waals surface area contributed by atoms with Crippen molar-refractivity contribution >= 4 is 34.8 Å². The molecule has 4 nitrogen and oxygen atoms in total. The Hall–Kier alpha value is -1.82. The first-order valence-electron chi connectivity index (χ1n) is 8.43. The van der Waals surface area contributed by atoms with Gasteiger partial charge in [-0.05, 0) is 48.4 Å². The average Bonchev–Trinajstić information content (AvgIpc) is 2.65. The van der Waals surface area contributed by atoms with E-state index >= 15 is 0 Å². The number of hydrogen-bond donors (Lipinski definition) is 1. The van der Waals surface area contributed by atoms with Gasteiger partial charge in [-0.2, -0.15) is 0 Å². The Morgan fingerprint density at radius 3 is 2.31 bits per heavy atom. The van der Waals surface area contributed by atoms with Crippen molar-refractivity contribution in [2.24, 2.45) is 5.73 Å². The summed E-state index contributed by atoms with van der Waals surface area (Å²) in [5, 5.41) is 0.934. The number of carbonyl (C=O) groups is 1. The van der Waals surface area contributed by atoms with E-state index in [1.54, 1.807) is 29.2 Å². The van der Waals surface area contributed by atoms with Crippen LogP contribution in [-0.4, -0.2) is 43.0 Å². The molecule has 0 saturated carbocycles. The summed E-state index contributed by atoms with van der Waals surface area (Å²) in [6.07, 6.45) is 0.411. The number of nitrogens with two attached hydrogens (primary N) is 1. The first-order chi connectivity index (χ1) is 12.4. The van der Waals surface area contributed by atoms with Crippen LogP contribution in [0.2, 0.25) is 10.0 Å². The molecule has 1 heterocycles. The van der Waals surface area contributed by atoms with Crippen LogP contribution in [-0.2, 0) is 11.2 Å². The summed E-state index contributed by atoms with van der Waals surface area (Å²) < 4.78 is 13.0. The van der Waals surface area contributed by atoms with Gasteiger partial charge >= 0.3 is 0 Å². The second-order valence-corrected chi connectivity index (χ2v) is 7.16. The third-order valence-corrected chi connectivity index (χ3v) is 5.28. The molecule has 1 amide bonds. The molecule has 1 unspecified atom stereocenters. The van der Waals surface area contributed by atoms with Gasteiger partial charge in [0.05, 0.1) is 16.1 Å². The molecule has 1 fully saturated rings. The molecule has 0 aromatic heterocycles. The van der Waals surface area contributed by atoms with Crippen LogP contribution in [0, 0.1) is 5.82 Å². The summed E-state index contributed by atoms with van der Waals surface area (Å²) in [5.74, 6) is -0.328. The number of amides is 1. The zero-order valence-corrected chi connectivity index (χ0v) is 15.7. The molecule has 0 aliphatic carbocycles. The van der Waals surface area contributed by atoms with Gasteiger partial charge in [0.15, 0.2) is 0 Å². The van der Waals surface area contributed by atoms with E-state index in [0.717, 1.165) is 11.3 Å². The maximum Gasteiger partial charge on any atom is 0.239 e. The number of benzene rings is 2. The molecule has 1 aliphatic heterocycles. The SMILES string of the molecule is NC(Cc1ccc(Cl)c(Cl)c1)C(=O)N1CCN(c2ccc(F)cc2)CC1. The van der Waals surface area contributed by atoms with E-state index in [2.05, 4.69) is 4.90 Å². The molecule has 0 radical (unpaired) electrons. The van der Waals surface area contributed by atoms with Crippen molar-refractivity contribution in [1.29, 1.82) is 0 Å². The van der Waals surface area contributed by atoms with Gasteiger partial charge < -0.3 is 15.5 Å². The minimum atomic E-state index is -0.621. The first kappa shape index (κ1) is 19.0. The van der Waals surface area contributed by atoms with Crippen LogP contribution in [0.4, 0.5) is 10.1 Å². The maximum atomic E-state index is 13.0.